The summed E-state index contributed by atoms with van der Waals surface area (Å²) in [5, 5.41) is 9.59. The van der Waals surface area contributed by atoms with Crippen molar-refractivity contribution in [1.82, 2.24) is 9.29 Å². The van der Waals surface area contributed by atoms with Crippen LogP contribution >= 0.6 is 15.9 Å². The molecule has 1 aliphatic carbocycles. The van der Waals surface area contributed by atoms with E-state index in [2.05, 4.69) is 20.7 Å². The van der Waals surface area contributed by atoms with E-state index in [9.17, 15) is 31.5 Å². The molecule has 0 radical (unpaired) electrons. The van der Waals surface area contributed by atoms with Crippen LogP contribution < -0.4 is 4.72 Å². The number of carboxylic acid groups (broad SMARTS) is 1. The summed E-state index contributed by atoms with van der Waals surface area (Å²) in [5.41, 5.74) is -1.97. The molecule has 1 aromatic heterocycles. The molecule has 2 N–H and O–H groups in total. The Morgan fingerprint density at radius 1 is 1.15 bits per heavy atom. The number of carbonyl (C=O) groups is 1. The van der Waals surface area contributed by atoms with Crippen molar-refractivity contribution in [2.24, 2.45) is 5.92 Å². The maximum Gasteiger partial charge on any atom is 0.417 e. The maximum atomic E-state index is 14.0. The van der Waals surface area contributed by atoms with Crippen LogP contribution in [0.5, 0.6) is 0 Å². The number of nitrogens with one attached hydrogen (secondary N) is 1. The third-order valence-corrected chi connectivity index (χ3v) is 8.41. The van der Waals surface area contributed by atoms with Gasteiger partial charge < -0.3 is 9.67 Å². The molecule has 2 aromatic rings. The maximum absolute atomic E-state index is 14.0. The highest BCUT2D eigenvalue weighted by atomic mass is 79.9. The number of rotatable bonds is 6. The highest BCUT2D eigenvalue weighted by Crippen LogP contribution is 2.39. The van der Waals surface area contributed by atoms with Crippen molar-refractivity contribution in [3.05, 3.63) is 40.0 Å². The minimum Gasteiger partial charge on any atom is -0.478 e. The lowest BCUT2D eigenvalue weighted by Gasteiger charge is -2.24. The number of sulfonamides is 1. The van der Waals surface area contributed by atoms with Gasteiger partial charge >= 0.3 is 12.1 Å². The Bertz CT molecular complexity index is 1180. The summed E-state index contributed by atoms with van der Waals surface area (Å²) in [6, 6.07) is 4.32. The van der Waals surface area contributed by atoms with Crippen LogP contribution in [-0.4, -0.2) is 29.6 Å². The second-order valence-corrected chi connectivity index (χ2v) is 12.1. The van der Waals surface area contributed by atoms with Crippen LogP contribution in [-0.2, 0) is 22.7 Å². The van der Waals surface area contributed by atoms with Gasteiger partial charge in [0.1, 0.15) is 0 Å². The van der Waals surface area contributed by atoms with Crippen LogP contribution in [0, 0.1) is 5.92 Å². The van der Waals surface area contributed by atoms with Gasteiger partial charge in [0.05, 0.1) is 20.6 Å². The number of halogens is 4. The number of hydrogen-bond acceptors (Lipinski definition) is 3. The van der Waals surface area contributed by atoms with Crippen molar-refractivity contribution in [2.75, 3.05) is 0 Å². The molecule has 0 amide bonds. The lowest BCUT2D eigenvalue weighted by atomic mass is 9.89. The van der Waals surface area contributed by atoms with Gasteiger partial charge in [-0.25, -0.2) is 17.9 Å². The van der Waals surface area contributed by atoms with Crippen LogP contribution in [0.3, 0.4) is 0 Å². The molecule has 6 nitrogen and oxygen atoms in total. The molecule has 0 bridgehead atoms. The Kier molecular flexibility index (Phi) is 7.60. The molecule has 1 fully saturated rings. The predicted molar refractivity (Wildman–Crippen MR) is 126 cm³/mol. The zero-order valence-electron chi connectivity index (χ0n) is 19.2. The van der Waals surface area contributed by atoms with Gasteiger partial charge in [-0.1, -0.05) is 25.3 Å². The molecule has 1 heterocycles. The normalized spacial score (nSPS) is 16.1. The zero-order chi connectivity index (χ0) is 25.5. The summed E-state index contributed by atoms with van der Waals surface area (Å²) < 4.78 is 71.7. The first kappa shape index (κ1) is 26.7. The molecule has 1 aromatic carbocycles. The van der Waals surface area contributed by atoms with Gasteiger partial charge in [0.2, 0.25) is 10.0 Å². The molecule has 1 saturated carbocycles. The number of alkyl halides is 3. The summed E-state index contributed by atoms with van der Waals surface area (Å²) >= 11 is 3.32. The van der Waals surface area contributed by atoms with Crippen LogP contribution in [0.25, 0.3) is 11.3 Å². The van der Waals surface area contributed by atoms with Crippen LogP contribution in [0.2, 0.25) is 0 Å². The van der Waals surface area contributed by atoms with Gasteiger partial charge in [0.25, 0.3) is 0 Å². The van der Waals surface area contributed by atoms with Gasteiger partial charge in [-0.05, 0) is 79.2 Å². The summed E-state index contributed by atoms with van der Waals surface area (Å²) in [6.07, 6.45) is 0.202. The summed E-state index contributed by atoms with van der Waals surface area (Å²) in [5.74, 6) is -0.935. The fourth-order valence-corrected chi connectivity index (χ4v) is 6.57. The van der Waals surface area contributed by atoms with Gasteiger partial charge in [-0.2, -0.15) is 13.2 Å². The molecule has 0 saturated heterocycles. The molecule has 11 heteroatoms. The van der Waals surface area contributed by atoms with E-state index < -0.39 is 38.2 Å². The molecule has 0 atom stereocenters. The van der Waals surface area contributed by atoms with E-state index in [1.54, 1.807) is 4.57 Å². The van der Waals surface area contributed by atoms with Gasteiger partial charge in [0.15, 0.2) is 0 Å². The topological polar surface area (TPSA) is 88.4 Å². The van der Waals surface area contributed by atoms with E-state index in [0.717, 1.165) is 44.2 Å². The van der Waals surface area contributed by atoms with Crippen molar-refractivity contribution in [1.29, 1.82) is 0 Å². The minimum atomic E-state index is -4.94. The van der Waals surface area contributed by atoms with Crippen LogP contribution in [0.4, 0.5) is 13.2 Å². The lowest BCUT2D eigenvalue weighted by Crippen LogP contribution is -2.41. The summed E-state index contributed by atoms with van der Waals surface area (Å²) in [4.78, 5) is 10.9. The molecular formula is C23H28BrF3N2O4S. The minimum absolute atomic E-state index is 0.0644. The average molecular weight is 565 g/mol. The highest BCUT2D eigenvalue weighted by molar-refractivity contribution is 9.10. The highest BCUT2D eigenvalue weighted by Gasteiger charge is 2.39. The zero-order valence-corrected chi connectivity index (χ0v) is 21.6. The summed E-state index contributed by atoms with van der Waals surface area (Å²) in [7, 11) is -4.46. The number of aromatic nitrogens is 1. The number of aromatic carboxylic acids is 1. The number of hydrogen-bond donors (Lipinski definition) is 2. The van der Waals surface area contributed by atoms with E-state index in [1.165, 1.54) is 32.9 Å². The van der Waals surface area contributed by atoms with Crippen molar-refractivity contribution in [3.63, 3.8) is 0 Å². The first-order valence-corrected chi connectivity index (χ1v) is 13.3. The van der Waals surface area contributed by atoms with E-state index >= 15 is 0 Å². The number of benzene rings is 1. The third-order valence-electron chi connectivity index (χ3n) is 5.74. The fourth-order valence-electron chi connectivity index (χ4n) is 4.32. The lowest BCUT2D eigenvalue weighted by molar-refractivity contribution is -0.139. The van der Waals surface area contributed by atoms with Crippen LogP contribution in [0.15, 0.2) is 33.8 Å². The fraction of sp³-hybridized carbons (Fsp3) is 0.522. The Morgan fingerprint density at radius 2 is 1.76 bits per heavy atom. The molecule has 0 unspecified atom stereocenters. The molecule has 3 rings (SSSR count). The second kappa shape index (κ2) is 9.66. The Balaban J connectivity index is 2.16. The van der Waals surface area contributed by atoms with E-state index in [-0.39, 0.29) is 27.3 Å². The molecule has 34 heavy (non-hydrogen) atoms. The molecule has 0 aliphatic heterocycles. The number of carboxylic acids is 1. The predicted octanol–water partition coefficient (Wildman–Crippen LogP) is 6.29. The van der Waals surface area contributed by atoms with Gasteiger partial charge in [0, 0.05) is 17.8 Å². The standard InChI is InChI=1S/C23H28BrF3N2O4S/c1-22(2,3)28-34(32,33)19-10-9-15(11-17(19)23(25,26)27)18-12-16(21(30)31)20(24)29(18)13-14-7-5-4-6-8-14/h9-12,14,28H,4-8,13H2,1-3H3,(H,30,31). The van der Waals surface area contributed by atoms with E-state index in [0.29, 0.717) is 6.54 Å². The Hall–Kier alpha value is -1.85. The monoisotopic (exact) mass is 564 g/mol. The third kappa shape index (κ3) is 6.04. The SMILES string of the molecule is CC(C)(C)NS(=O)(=O)c1ccc(-c2cc(C(=O)O)c(Br)n2CC2CCCCC2)cc1C(F)(F)F. The second-order valence-electron chi connectivity index (χ2n) is 9.72. The first-order valence-electron chi connectivity index (χ1n) is 11.0. The molecule has 0 spiro atoms. The van der Waals surface area contributed by atoms with Crippen molar-refractivity contribution < 1.29 is 31.5 Å². The van der Waals surface area contributed by atoms with Crippen LogP contribution in [0.1, 0.15) is 68.8 Å². The Labute approximate surface area is 205 Å². The van der Waals surface area contributed by atoms with Crippen molar-refractivity contribution in [3.8, 4) is 11.3 Å². The summed E-state index contributed by atoms with van der Waals surface area (Å²) in [6.45, 7) is 5.07. The Morgan fingerprint density at radius 3 is 2.29 bits per heavy atom. The van der Waals surface area contributed by atoms with Crippen molar-refractivity contribution >= 4 is 31.9 Å². The average Bonchev–Trinajstić information content (AvgIpc) is 3.02. The quantitative estimate of drug-likeness (QED) is 0.431. The smallest absolute Gasteiger partial charge is 0.417 e. The van der Waals surface area contributed by atoms with Crippen molar-refractivity contribution in [2.45, 2.75) is 76.0 Å². The van der Waals surface area contributed by atoms with E-state index in [4.69, 9.17) is 0 Å². The first-order chi connectivity index (χ1) is 15.6. The molecular weight excluding hydrogens is 537 g/mol. The molecule has 1 aliphatic rings. The number of nitrogens with zero attached hydrogens (tertiary/aromatic N) is 1. The molecule has 188 valence electrons. The van der Waals surface area contributed by atoms with Gasteiger partial charge in [-0.3, -0.25) is 0 Å². The van der Waals surface area contributed by atoms with E-state index in [1.807, 2.05) is 0 Å². The largest absolute Gasteiger partial charge is 0.478 e. The van der Waals surface area contributed by atoms with Gasteiger partial charge in [-0.15, -0.1) is 0 Å².